The lowest BCUT2D eigenvalue weighted by atomic mass is 9.97. The molecule has 5 heterocycles. The van der Waals surface area contributed by atoms with Gasteiger partial charge in [-0.2, -0.15) is 0 Å². The number of carbonyl (C=O) groups excluding carboxylic acids is 1. The molecule has 3 aromatic heterocycles. The summed E-state index contributed by atoms with van der Waals surface area (Å²) in [5.41, 5.74) is 1.64. The fraction of sp³-hybridized carbons (Fsp3) is 0.476. The van der Waals surface area contributed by atoms with Gasteiger partial charge in [-0.25, -0.2) is 14.2 Å². The first-order valence-corrected chi connectivity index (χ1v) is 11.4. The number of pyridine rings is 2. The van der Waals surface area contributed by atoms with Crippen LogP contribution in [0.4, 0.5) is 15.0 Å². The average molecular weight is 442 g/mol. The first-order chi connectivity index (χ1) is 15.1. The number of hydrogen-bond acceptors (Lipinski definition) is 7. The molecule has 2 fully saturated rings. The van der Waals surface area contributed by atoms with Crippen LogP contribution in [-0.4, -0.2) is 62.4 Å². The van der Waals surface area contributed by atoms with Crippen molar-refractivity contribution >= 4 is 34.1 Å². The Morgan fingerprint density at radius 2 is 2.00 bits per heavy atom. The summed E-state index contributed by atoms with van der Waals surface area (Å²) in [7, 11) is 0. The lowest BCUT2D eigenvalue weighted by Crippen LogP contribution is -2.53. The summed E-state index contributed by atoms with van der Waals surface area (Å²) in [6, 6.07) is 4.37. The third-order valence-electron chi connectivity index (χ3n) is 6.07. The number of aromatic nitrogens is 4. The topological polar surface area (TPSA) is 95.9 Å². The van der Waals surface area contributed by atoms with Crippen LogP contribution < -0.4 is 10.6 Å². The molecular formula is C21H24FN7OS. The van der Waals surface area contributed by atoms with E-state index in [0.29, 0.717) is 12.4 Å². The van der Waals surface area contributed by atoms with Gasteiger partial charge in [-0.15, -0.1) is 10.2 Å². The zero-order chi connectivity index (χ0) is 21.4. The van der Waals surface area contributed by atoms with Gasteiger partial charge in [0.1, 0.15) is 22.5 Å². The smallest absolute Gasteiger partial charge is 0.318 e. The number of aryl methyl sites for hydroxylation is 1. The first kappa shape index (κ1) is 20.2. The Labute approximate surface area is 183 Å². The standard InChI is InChI=1S/C21H24FN7OS/c1-12-27-28-20(31-12)14-6-13-7-19(25-11-18(13)24-10-14)26-21(30)29-16-2-3-17(29)9-15(8-16)23-5-4-22/h6-7,10-11,15-17,23H,2-5,8-9H2,1H3,(H,25,26,30)/t15?,16-,17?/m0/s1. The summed E-state index contributed by atoms with van der Waals surface area (Å²) in [5, 5.41) is 17.1. The predicted octanol–water partition coefficient (Wildman–Crippen LogP) is 3.54. The highest BCUT2D eigenvalue weighted by atomic mass is 32.1. The van der Waals surface area contributed by atoms with Crippen molar-refractivity contribution in [2.24, 2.45) is 0 Å². The van der Waals surface area contributed by atoms with Crippen LogP contribution in [0.1, 0.15) is 30.7 Å². The van der Waals surface area contributed by atoms with E-state index in [9.17, 15) is 9.18 Å². The quantitative estimate of drug-likeness (QED) is 0.629. The number of nitrogens with zero attached hydrogens (tertiary/aromatic N) is 5. The second-order valence-corrected chi connectivity index (χ2v) is 9.33. The van der Waals surface area contributed by atoms with E-state index in [1.807, 2.05) is 24.0 Å². The number of halogens is 1. The lowest BCUT2D eigenvalue weighted by Gasteiger charge is -2.39. The Morgan fingerprint density at radius 3 is 2.71 bits per heavy atom. The molecule has 2 unspecified atom stereocenters. The molecule has 31 heavy (non-hydrogen) atoms. The number of hydrogen-bond donors (Lipinski definition) is 2. The summed E-state index contributed by atoms with van der Waals surface area (Å²) < 4.78 is 12.5. The first-order valence-electron chi connectivity index (χ1n) is 10.6. The predicted molar refractivity (Wildman–Crippen MR) is 118 cm³/mol. The lowest BCUT2D eigenvalue weighted by molar-refractivity contribution is 0.141. The van der Waals surface area contributed by atoms with E-state index in [-0.39, 0.29) is 30.8 Å². The van der Waals surface area contributed by atoms with Gasteiger partial charge < -0.3 is 10.2 Å². The van der Waals surface area contributed by atoms with Crippen LogP contribution in [0, 0.1) is 6.92 Å². The number of anilines is 1. The summed E-state index contributed by atoms with van der Waals surface area (Å²) in [4.78, 5) is 23.8. The Kier molecular flexibility index (Phi) is 5.49. The third-order valence-corrected chi connectivity index (χ3v) is 6.96. The maximum atomic E-state index is 13.0. The third kappa shape index (κ3) is 4.09. The minimum atomic E-state index is -0.362. The molecule has 0 saturated carbocycles. The molecule has 2 bridgehead atoms. The van der Waals surface area contributed by atoms with Crippen LogP contribution in [0.3, 0.4) is 0 Å². The van der Waals surface area contributed by atoms with Crippen molar-refractivity contribution < 1.29 is 9.18 Å². The number of carbonyl (C=O) groups is 1. The SMILES string of the molecule is Cc1nnc(-c2cnc3cnc(NC(=O)N4C5CC[C@H]4CC(NCCF)C5)cc3c2)s1. The van der Waals surface area contributed by atoms with Crippen molar-refractivity contribution in [3.63, 3.8) is 0 Å². The van der Waals surface area contributed by atoms with Crippen LogP contribution in [-0.2, 0) is 0 Å². The second-order valence-electron chi connectivity index (χ2n) is 8.15. The molecule has 162 valence electrons. The molecule has 2 N–H and O–H groups in total. The highest BCUT2D eigenvalue weighted by Crippen LogP contribution is 2.36. The molecule has 2 aliphatic rings. The number of alkyl halides is 1. The van der Waals surface area contributed by atoms with Crippen LogP contribution in [0.15, 0.2) is 24.5 Å². The Bertz CT molecular complexity index is 1090. The molecule has 8 nitrogen and oxygen atoms in total. The Hall–Kier alpha value is -2.72. The number of nitrogens with one attached hydrogen (secondary N) is 2. The van der Waals surface area contributed by atoms with Gasteiger partial charge in [-0.1, -0.05) is 11.3 Å². The van der Waals surface area contributed by atoms with Gasteiger partial charge >= 0.3 is 6.03 Å². The number of amides is 2. The normalized spacial score (nSPS) is 22.8. The van der Waals surface area contributed by atoms with E-state index < -0.39 is 0 Å². The zero-order valence-corrected chi connectivity index (χ0v) is 18.0. The fourth-order valence-corrected chi connectivity index (χ4v) is 5.41. The molecule has 5 rings (SSSR count). The van der Waals surface area contributed by atoms with Crippen molar-refractivity contribution in [3.05, 3.63) is 29.5 Å². The highest BCUT2D eigenvalue weighted by Gasteiger charge is 2.43. The van der Waals surface area contributed by atoms with Crippen molar-refractivity contribution in [1.82, 2.24) is 30.4 Å². The van der Waals surface area contributed by atoms with Crippen molar-refractivity contribution in [3.8, 4) is 10.6 Å². The minimum Gasteiger partial charge on any atom is -0.318 e. The van der Waals surface area contributed by atoms with Gasteiger partial charge in [0, 0.05) is 41.8 Å². The Balaban J connectivity index is 1.31. The summed E-state index contributed by atoms with van der Waals surface area (Å²) in [6.07, 6.45) is 7.15. The molecular weight excluding hydrogens is 417 g/mol. The van der Waals surface area contributed by atoms with Crippen molar-refractivity contribution in [2.75, 3.05) is 18.5 Å². The largest absolute Gasteiger partial charge is 0.323 e. The van der Waals surface area contributed by atoms with Gasteiger partial charge in [0.05, 0.1) is 11.7 Å². The number of rotatable bonds is 5. The van der Waals surface area contributed by atoms with Gasteiger partial charge in [0.2, 0.25) is 0 Å². The Morgan fingerprint density at radius 1 is 1.19 bits per heavy atom. The van der Waals surface area contributed by atoms with E-state index in [1.54, 1.807) is 12.4 Å². The van der Waals surface area contributed by atoms with Gasteiger partial charge in [-0.05, 0) is 44.7 Å². The second kappa shape index (κ2) is 8.43. The van der Waals surface area contributed by atoms with Gasteiger partial charge in [0.15, 0.2) is 0 Å². The molecule has 0 spiro atoms. The van der Waals surface area contributed by atoms with E-state index in [1.165, 1.54) is 11.3 Å². The molecule has 0 aromatic carbocycles. The summed E-state index contributed by atoms with van der Waals surface area (Å²) in [5.74, 6) is 0.502. The number of piperidine rings is 1. The fourth-order valence-electron chi connectivity index (χ4n) is 4.74. The van der Waals surface area contributed by atoms with Gasteiger partial charge in [0.25, 0.3) is 0 Å². The van der Waals surface area contributed by atoms with Crippen LogP contribution in [0.25, 0.3) is 21.5 Å². The van der Waals surface area contributed by atoms with Crippen LogP contribution >= 0.6 is 11.3 Å². The number of fused-ring (bicyclic) bond motifs is 3. The summed E-state index contributed by atoms with van der Waals surface area (Å²) in [6.45, 7) is 1.93. The van der Waals surface area contributed by atoms with Crippen LogP contribution in [0.2, 0.25) is 0 Å². The van der Waals surface area contributed by atoms with E-state index >= 15 is 0 Å². The van der Waals surface area contributed by atoms with Crippen molar-refractivity contribution in [1.29, 1.82) is 0 Å². The maximum Gasteiger partial charge on any atom is 0.323 e. The zero-order valence-electron chi connectivity index (χ0n) is 17.2. The molecule has 10 heteroatoms. The number of urea groups is 1. The monoisotopic (exact) mass is 441 g/mol. The molecule has 3 atom stereocenters. The molecule has 0 aliphatic carbocycles. The van der Waals surface area contributed by atoms with Gasteiger partial charge in [-0.3, -0.25) is 10.3 Å². The van der Waals surface area contributed by atoms with E-state index in [0.717, 1.165) is 52.2 Å². The molecule has 2 aliphatic heterocycles. The average Bonchev–Trinajstić information content (AvgIpc) is 3.32. The minimum absolute atomic E-state index is 0.118. The molecule has 2 saturated heterocycles. The van der Waals surface area contributed by atoms with Crippen LogP contribution in [0.5, 0.6) is 0 Å². The molecule has 0 radical (unpaired) electrons. The maximum absolute atomic E-state index is 13.0. The summed E-state index contributed by atoms with van der Waals surface area (Å²) >= 11 is 1.52. The van der Waals surface area contributed by atoms with E-state index in [2.05, 4.69) is 30.8 Å². The highest BCUT2D eigenvalue weighted by molar-refractivity contribution is 7.14. The van der Waals surface area contributed by atoms with Crippen molar-refractivity contribution in [2.45, 2.75) is 50.7 Å². The molecule has 2 amide bonds. The molecule has 3 aromatic rings. The van der Waals surface area contributed by atoms with E-state index in [4.69, 9.17) is 0 Å².